The number of hydrogen-bond acceptors (Lipinski definition) is 5. The third kappa shape index (κ3) is 4.22. The number of alkyl halides is 2. The van der Waals surface area contributed by atoms with Crippen molar-refractivity contribution in [1.29, 1.82) is 0 Å². The molecule has 1 N–H and O–H groups in total. The van der Waals surface area contributed by atoms with E-state index < -0.39 is 12.7 Å². The Labute approximate surface area is 160 Å². The van der Waals surface area contributed by atoms with Crippen LogP contribution in [0.1, 0.15) is 13.3 Å². The summed E-state index contributed by atoms with van der Waals surface area (Å²) in [6.45, 7) is 1.08. The SMILES string of the molecule is CCOC(=O)N1CC[NH+]([C@@H]2CC(=O)N(c3ccc(OC(F)F)cc3)C2=O)CC1. The standard InChI is InChI=1S/C18H21F2N3O5/c1-2-27-18(26)22-9-7-21(8-10-22)14-11-15(24)23(16(14)25)12-3-5-13(6-4-12)28-17(19)20/h3-6,14,17H,2,7-11H2,1H3/p+1/t14-/m1/s1. The Morgan fingerprint density at radius 3 is 2.43 bits per heavy atom. The summed E-state index contributed by atoms with van der Waals surface area (Å²) in [5, 5.41) is 0. The number of nitrogens with zero attached hydrogens (tertiary/aromatic N) is 2. The third-order valence-corrected chi connectivity index (χ3v) is 4.89. The zero-order chi connectivity index (χ0) is 20.3. The van der Waals surface area contributed by atoms with Crippen molar-refractivity contribution in [3.05, 3.63) is 24.3 Å². The van der Waals surface area contributed by atoms with Crippen LogP contribution in [0, 0.1) is 0 Å². The summed E-state index contributed by atoms with van der Waals surface area (Å²) in [6, 6.07) is 4.88. The van der Waals surface area contributed by atoms with Crippen LogP contribution in [0.25, 0.3) is 0 Å². The van der Waals surface area contributed by atoms with Crippen LogP contribution < -0.4 is 14.5 Å². The summed E-state index contributed by atoms with van der Waals surface area (Å²) in [4.78, 5) is 40.6. The van der Waals surface area contributed by atoms with Gasteiger partial charge < -0.3 is 14.4 Å². The van der Waals surface area contributed by atoms with Gasteiger partial charge >= 0.3 is 12.7 Å². The minimum absolute atomic E-state index is 0.0462. The average Bonchev–Trinajstić information content (AvgIpc) is 2.97. The highest BCUT2D eigenvalue weighted by Gasteiger charge is 2.46. The number of benzene rings is 1. The van der Waals surface area contributed by atoms with E-state index in [2.05, 4.69) is 4.74 Å². The van der Waals surface area contributed by atoms with E-state index in [1.807, 2.05) is 0 Å². The van der Waals surface area contributed by atoms with Crippen LogP contribution in [-0.2, 0) is 14.3 Å². The Bertz CT molecular complexity index is 735. The number of ether oxygens (including phenoxy) is 2. The zero-order valence-electron chi connectivity index (χ0n) is 15.4. The second-order valence-electron chi connectivity index (χ2n) is 6.54. The molecule has 3 rings (SSSR count). The lowest BCUT2D eigenvalue weighted by atomic mass is 10.2. The van der Waals surface area contributed by atoms with E-state index in [9.17, 15) is 23.2 Å². The number of imide groups is 1. The van der Waals surface area contributed by atoms with Crippen LogP contribution in [0.5, 0.6) is 5.75 Å². The van der Waals surface area contributed by atoms with E-state index in [1.165, 1.54) is 24.3 Å². The predicted octanol–water partition coefficient (Wildman–Crippen LogP) is 0.277. The molecule has 0 bridgehead atoms. The molecule has 2 saturated heterocycles. The molecule has 1 atom stereocenters. The second kappa shape index (κ2) is 8.51. The van der Waals surface area contributed by atoms with E-state index in [0.29, 0.717) is 38.5 Å². The molecule has 28 heavy (non-hydrogen) atoms. The number of nitrogens with one attached hydrogen (secondary N) is 1. The first-order valence-electron chi connectivity index (χ1n) is 9.08. The van der Waals surface area contributed by atoms with Crippen LogP contribution in [0.15, 0.2) is 24.3 Å². The van der Waals surface area contributed by atoms with Crippen LogP contribution in [0.3, 0.4) is 0 Å². The maximum absolute atomic E-state index is 12.8. The highest BCUT2D eigenvalue weighted by atomic mass is 19.3. The Balaban J connectivity index is 1.63. The van der Waals surface area contributed by atoms with Crippen LogP contribution >= 0.6 is 0 Å². The largest absolute Gasteiger partial charge is 0.450 e. The van der Waals surface area contributed by atoms with Gasteiger partial charge in [0.15, 0.2) is 6.04 Å². The first-order chi connectivity index (χ1) is 13.4. The molecule has 1 aromatic rings. The molecule has 1 aromatic carbocycles. The Morgan fingerprint density at radius 2 is 1.86 bits per heavy atom. The van der Waals surface area contributed by atoms with Crippen molar-refractivity contribution < 1.29 is 37.5 Å². The van der Waals surface area contributed by atoms with Crippen LogP contribution in [0.2, 0.25) is 0 Å². The Hall–Kier alpha value is -2.75. The molecule has 2 aliphatic rings. The molecule has 0 saturated carbocycles. The summed E-state index contributed by atoms with van der Waals surface area (Å²) in [7, 11) is 0. The zero-order valence-corrected chi connectivity index (χ0v) is 15.4. The highest BCUT2D eigenvalue weighted by Crippen LogP contribution is 2.25. The van der Waals surface area contributed by atoms with E-state index in [4.69, 9.17) is 4.74 Å². The number of quaternary nitrogens is 1. The van der Waals surface area contributed by atoms with Crippen molar-refractivity contribution in [1.82, 2.24) is 4.90 Å². The topological polar surface area (TPSA) is 80.6 Å². The number of hydrogen-bond donors (Lipinski definition) is 1. The maximum atomic E-state index is 12.8. The summed E-state index contributed by atoms with van der Waals surface area (Å²) in [5.41, 5.74) is 0.323. The molecule has 0 radical (unpaired) electrons. The lowest BCUT2D eigenvalue weighted by Crippen LogP contribution is -3.19. The summed E-state index contributed by atoms with van der Waals surface area (Å²) in [5.74, 6) is -0.708. The second-order valence-corrected chi connectivity index (χ2v) is 6.54. The fraction of sp³-hybridized carbons (Fsp3) is 0.500. The monoisotopic (exact) mass is 398 g/mol. The average molecular weight is 398 g/mol. The summed E-state index contributed by atoms with van der Waals surface area (Å²) in [6.07, 6.45) is -0.300. The first kappa shape index (κ1) is 20.0. The van der Waals surface area contributed by atoms with Gasteiger partial charge in [-0.3, -0.25) is 14.5 Å². The van der Waals surface area contributed by atoms with Gasteiger partial charge in [0.05, 0.1) is 44.9 Å². The molecule has 2 fully saturated rings. The fourth-order valence-corrected chi connectivity index (χ4v) is 3.54. The van der Waals surface area contributed by atoms with Crippen molar-refractivity contribution in [2.24, 2.45) is 0 Å². The molecule has 10 heteroatoms. The minimum atomic E-state index is -2.94. The Kier molecular flexibility index (Phi) is 6.08. The third-order valence-electron chi connectivity index (χ3n) is 4.89. The molecule has 2 heterocycles. The molecule has 8 nitrogen and oxygen atoms in total. The lowest BCUT2D eigenvalue weighted by Gasteiger charge is -2.33. The first-order valence-corrected chi connectivity index (χ1v) is 9.08. The molecule has 0 unspecified atom stereocenters. The lowest BCUT2D eigenvalue weighted by molar-refractivity contribution is -0.918. The smallest absolute Gasteiger partial charge is 0.410 e. The van der Waals surface area contributed by atoms with E-state index in [1.54, 1.807) is 11.8 Å². The number of amides is 3. The number of halogens is 2. The Morgan fingerprint density at radius 1 is 1.21 bits per heavy atom. The molecule has 3 amide bonds. The van der Waals surface area contributed by atoms with Crippen LogP contribution in [-0.4, -0.2) is 68.2 Å². The number of rotatable bonds is 5. The van der Waals surface area contributed by atoms with Gasteiger partial charge in [-0.15, -0.1) is 0 Å². The van der Waals surface area contributed by atoms with Crippen molar-refractivity contribution in [3.63, 3.8) is 0 Å². The molecular formula is C18H22F2N3O5+. The highest BCUT2D eigenvalue weighted by molar-refractivity contribution is 6.21. The fourth-order valence-electron chi connectivity index (χ4n) is 3.54. The van der Waals surface area contributed by atoms with Crippen molar-refractivity contribution in [2.45, 2.75) is 26.0 Å². The quantitative estimate of drug-likeness (QED) is 0.721. The van der Waals surface area contributed by atoms with Gasteiger partial charge in [0.25, 0.3) is 5.91 Å². The maximum Gasteiger partial charge on any atom is 0.410 e. The van der Waals surface area contributed by atoms with Crippen molar-refractivity contribution in [2.75, 3.05) is 37.7 Å². The van der Waals surface area contributed by atoms with E-state index in [0.717, 1.165) is 9.80 Å². The van der Waals surface area contributed by atoms with Crippen molar-refractivity contribution >= 4 is 23.6 Å². The normalized spacial score (nSPS) is 20.8. The van der Waals surface area contributed by atoms with Gasteiger partial charge in [0.2, 0.25) is 5.91 Å². The molecule has 0 aromatic heterocycles. The van der Waals surface area contributed by atoms with Gasteiger partial charge in [-0.2, -0.15) is 8.78 Å². The summed E-state index contributed by atoms with van der Waals surface area (Å²) >= 11 is 0. The number of anilines is 1. The van der Waals surface area contributed by atoms with E-state index in [-0.39, 0.29) is 30.1 Å². The number of piperazine rings is 1. The van der Waals surface area contributed by atoms with Crippen molar-refractivity contribution in [3.8, 4) is 5.75 Å². The van der Waals surface area contributed by atoms with Gasteiger partial charge in [-0.25, -0.2) is 9.69 Å². The predicted molar refractivity (Wildman–Crippen MR) is 93.3 cm³/mol. The van der Waals surface area contributed by atoms with E-state index >= 15 is 0 Å². The summed E-state index contributed by atoms with van der Waals surface area (Å²) < 4.78 is 33.8. The van der Waals surface area contributed by atoms with Gasteiger partial charge in [0, 0.05) is 0 Å². The van der Waals surface area contributed by atoms with Gasteiger partial charge in [0.1, 0.15) is 5.75 Å². The molecular weight excluding hydrogens is 376 g/mol. The minimum Gasteiger partial charge on any atom is -0.450 e. The van der Waals surface area contributed by atoms with Crippen LogP contribution in [0.4, 0.5) is 19.3 Å². The number of carbonyl (C=O) groups is 3. The molecule has 0 spiro atoms. The van der Waals surface area contributed by atoms with Gasteiger partial charge in [-0.05, 0) is 31.2 Å². The van der Waals surface area contributed by atoms with Gasteiger partial charge in [-0.1, -0.05) is 0 Å². The molecule has 2 aliphatic heterocycles. The molecule has 152 valence electrons. The molecule has 0 aliphatic carbocycles. The number of carbonyl (C=O) groups excluding carboxylic acids is 3.